The maximum Gasteiger partial charge on any atom is 0.225 e. The van der Waals surface area contributed by atoms with Crippen LogP contribution in [0.25, 0.3) is 0 Å². The van der Waals surface area contributed by atoms with Crippen LogP contribution < -0.4 is 0 Å². The van der Waals surface area contributed by atoms with Crippen molar-refractivity contribution in [3.05, 3.63) is 0 Å². The van der Waals surface area contributed by atoms with E-state index in [-0.39, 0.29) is 17.9 Å². The fourth-order valence-electron chi connectivity index (χ4n) is 3.39. The van der Waals surface area contributed by atoms with Gasteiger partial charge < -0.3 is 10.0 Å². The highest BCUT2D eigenvalue weighted by atomic mass is 16.3. The van der Waals surface area contributed by atoms with Crippen LogP contribution in [0, 0.1) is 17.8 Å². The maximum absolute atomic E-state index is 12.5. The van der Waals surface area contributed by atoms with Crippen molar-refractivity contribution in [1.82, 2.24) is 4.90 Å². The molecule has 0 bridgehead atoms. The molecule has 1 saturated heterocycles. The topological polar surface area (TPSA) is 40.5 Å². The van der Waals surface area contributed by atoms with Crippen molar-refractivity contribution in [3.63, 3.8) is 0 Å². The Hall–Kier alpha value is -0.570. The van der Waals surface area contributed by atoms with Crippen LogP contribution in [0.3, 0.4) is 0 Å². The van der Waals surface area contributed by atoms with E-state index in [0.717, 1.165) is 44.7 Å². The van der Waals surface area contributed by atoms with Crippen LogP contribution >= 0.6 is 0 Å². The van der Waals surface area contributed by atoms with Crippen LogP contribution in [0.15, 0.2) is 0 Å². The van der Waals surface area contributed by atoms with Gasteiger partial charge in [-0.15, -0.1) is 0 Å². The van der Waals surface area contributed by atoms with E-state index in [4.69, 9.17) is 0 Å². The molecule has 1 heterocycles. The number of aliphatic hydroxyl groups is 1. The van der Waals surface area contributed by atoms with Crippen LogP contribution in [0.4, 0.5) is 0 Å². The summed E-state index contributed by atoms with van der Waals surface area (Å²) in [7, 11) is 0. The molecule has 2 fully saturated rings. The number of nitrogens with zero attached hydrogens (tertiary/aromatic N) is 1. The average Bonchev–Trinajstić information content (AvgIpc) is 2.39. The Kier molecular flexibility index (Phi) is 4.66. The van der Waals surface area contributed by atoms with Gasteiger partial charge in [-0.05, 0) is 44.4 Å². The van der Waals surface area contributed by atoms with Crippen LogP contribution in [-0.4, -0.2) is 35.1 Å². The molecule has 1 amide bonds. The first-order valence-corrected chi connectivity index (χ1v) is 7.58. The Morgan fingerprint density at radius 1 is 1.22 bits per heavy atom. The molecule has 0 spiro atoms. The minimum Gasteiger partial charge on any atom is -0.393 e. The summed E-state index contributed by atoms with van der Waals surface area (Å²) >= 11 is 0. The third-order valence-electron chi connectivity index (χ3n) is 4.89. The van der Waals surface area contributed by atoms with Gasteiger partial charge in [0.25, 0.3) is 0 Å². The lowest BCUT2D eigenvalue weighted by Gasteiger charge is -2.38. The molecule has 1 aliphatic carbocycles. The van der Waals surface area contributed by atoms with Crippen molar-refractivity contribution in [2.45, 2.75) is 58.5 Å². The molecular weight excluding hydrogens is 226 g/mol. The average molecular weight is 253 g/mol. The number of carbonyl (C=O) groups excluding carboxylic acids is 1. The van der Waals surface area contributed by atoms with Gasteiger partial charge in [0.05, 0.1) is 6.10 Å². The van der Waals surface area contributed by atoms with Gasteiger partial charge in [-0.25, -0.2) is 0 Å². The van der Waals surface area contributed by atoms with Gasteiger partial charge >= 0.3 is 0 Å². The fraction of sp³-hybridized carbons (Fsp3) is 0.933. The first-order valence-electron chi connectivity index (χ1n) is 7.58. The van der Waals surface area contributed by atoms with Crippen molar-refractivity contribution in [1.29, 1.82) is 0 Å². The molecule has 0 radical (unpaired) electrons. The summed E-state index contributed by atoms with van der Waals surface area (Å²) in [5.41, 5.74) is 0. The molecule has 0 aromatic rings. The minimum atomic E-state index is -0.203. The molecule has 1 saturated carbocycles. The minimum absolute atomic E-state index is 0.203. The van der Waals surface area contributed by atoms with Gasteiger partial charge in [0.1, 0.15) is 0 Å². The molecular formula is C15H27NO2. The van der Waals surface area contributed by atoms with E-state index in [9.17, 15) is 9.90 Å². The summed E-state index contributed by atoms with van der Waals surface area (Å²) in [4.78, 5) is 14.5. The van der Waals surface area contributed by atoms with Crippen molar-refractivity contribution in [3.8, 4) is 0 Å². The fourth-order valence-corrected chi connectivity index (χ4v) is 3.39. The highest BCUT2D eigenvalue weighted by Gasteiger charge is 2.33. The largest absolute Gasteiger partial charge is 0.393 e. The van der Waals surface area contributed by atoms with E-state index in [1.54, 1.807) is 0 Å². The first kappa shape index (κ1) is 13.9. The van der Waals surface area contributed by atoms with Gasteiger partial charge in [-0.3, -0.25) is 4.79 Å². The third kappa shape index (κ3) is 3.05. The predicted molar refractivity (Wildman–Crippen MR) is 72.1 cm³/mol. The zero-order valence-corrected chi connectivity index (χ0v) is 11.8. The van der Waals surface area contributed by atoms with E-state index in [1.165, 1.54) is 12.8 Å². The second-order valence-electron chi connectivity index (χ2n) is 6.27. The van der Waals surface area contributed by atoms with Crippen LogP contribution in [0.5, 0.6) is 0 Å². The zero-order chi connectivity index (χ0) is 13.1. The molecule has 2 aliphatic rings. The molecule has 1 aliphatic heterocycles. The molecule has 0 aromatic carbocycles. The third-order valence-corrected chi connectivity index (χ3v) is 4.89. The van der Waals surface area contributed by atoms with Gasteiger partial charge in [-0.1, -0.05) is 13.8 Å². The Morgan fingerprint density at radius 3 is 2.50 bits per heavy atom. The Bertz CT molecular complexity index is 284. The normalized spacial score (nSPS) is 37.6. The standard InChI is InChI=1S/C15H27NO2/c1-3-12-10-16(9-8-14(12)17)15(18)13-6-4-11(2)5-7-13/h11-14,17H,3-10H2,1-2H3. The second-order valence-corrected chi connectivity index (χ2v) is 6.27. The summed E-state index contributed by atoms with van der Waals surface area (Å²) in [6.45, 7) is 5.90. The molecule has 1 N–H and O–H groups in total. The van der Waals surface area contributed by atoms with E-state index in [1.807, 2.05) is 4.90 Å². The molecule has 2 unspecified atom stereocenters. The van der Waals surface area contributed by atoms with Crippen molar-refractivity contribution in [2.24, 2.45) is 17.8 Å². The number of hydrogen-bond acceptors (Lipinski definition) is 2. The molecule has 3 heteroatoms. The summed E-state index contributed by atoms with van der Waals surface area (Å²) in [6.07, 6.45) is 6.05. The highest BCUT2D eigenvalue weighted by molar-refractivity contribution is 5.79. The smallest absolute Gasteiger partial charge is 0.225 e. The first-order chi connectivity index (χ1) is 8.61. The Morgan fingerprint density at radius 2 is 1.89 bits per heavy atom. The molecule has 104 valence electrons. The highest BCUT2D eigenvalue weighted by Crippen LogP contribution is 2.31. The predicted octanol–water partition coefficient (Wildman–Crippen LogP) is 2.43. The van der Waals surface area contributed by atoms with Crippen LogP contribution in [0.1, 0.15) is 52.4 Å². The molecule has 0 aromatic heterocycles. The lowest BCUT2D eigenvalue weighted by Crippen LogP contribution is -2.48. The van der Waals surface area contributed by atoms with Gasteiger partial charge in [-0.2, -0.15) is 0 Å². The van der Waals surface area contributed by atoms with E-state index in [2.05, 4.69) is 13.8 Å². The molecule has 18 heavy (non-hydrogen) atoms. The van der Waals surface area contributed by atoms with Gasteiger partial charge in [0, 0.05) is 24.9 Å². The maximum atomic E-state index is 12.5. The second kappa shape index (κ2) is 6.05. The van der Waals surface area contributed by atoms with Gasteiger partial charge in [0.2, 0.25) is 5.91 Å². The number of hydrogen-bond donors (Lipinski definition) is 1. The molecule has 3 nitrogen and oxygen atoms in total. The number of piperidine rings is 1. The molecule has 2 rings (SSSR count). The summed E-state index contributed by atoms with van der Waals surface area (Å²) in [5, 5.41) is 9.88. The van der Waals surface area contributed by atoms with Crippen LogP contribution in [-0.2, 0) is 4.79 Å². The van der Waals surface area contributed by atoms with E-state index in [0.29, 0.717) is 5.91 Å². The monoisotopic (exact) mass is 253 g/mol. The van der Waals surface area contributed by atoms with E-state index < -0.39 is 0 Å². The number of likely N-dealkylation sites (tertiary alicyclic amines) is 1. The number of amides is 1. The van der Waals surface area contributed by atoms with Crippen molar-refractivity contribution < 1.29 is 9.90 Å². The number of rotatable bonds is 2. The lowest BCUT2D eigenvalue weighted by molar-refractivity contribution is -0.140. The summed E-state index contributed by atoms with van der Waals surface area (Å²) < 4.78 is 0. The Balaban J connectivity index is 1.89. The van der Waals surface area contributed by atoms with Gasteiger partial charge in [0.15, 0.2) is 0 Å². The Labute approximate surface area is 111 Å². The van der Waals surface area contributed by atoms with Crippen molar-refractivity contribution >= 4 is 5.91 Å². The number of aliphatic hydroxyl groups excluding tert-OH is 1. The lowest BCUT2D eigenvalue weighted by atomic mass is 9.81. The van der Waals surface area contributed by atoms with E-state index >= 15 is 0 Å². The van der Waals surface area contributed by atoms with Crippen molar-refractivity contribution in [2.75, 3.05) is 13.1 Å². The molecule has 2 atom stereocenters. The zero-order valence-electron chi connectivity index (χ0n) is 11.8. The summed E-state index contributed by atoms with van der Waals surface area (Å²) in [6, 6.07) is 0. The van der Waals surface area contributed by atoms with Crippen LogP contribution in [0.2, 0.25) is 0 Å². The SMILES string of the molecule is CCC1CN(C(=O)C2CCC(C)CC2)CCC1O. The number of carbonyl (C=O) groups is 1. The summed E-state index contributed by atoms with van der Waals surface area (Å²) in [5.74, 6) is 1.69. The quantitative estimate of drug-likeness (QED) is 0.821.